The molecule has 0 saturated heterocycles. The molecule has 104 valence electrons. The molecule has 0 spiro atoms. The second-order valence-corrected chi connectivity index (χ2v) is 3.86. The number of hydrogen-bond acceptors (Lipinski definition) is 2. The molecule has 1 aromatic carbocycles. The molecule has 19 heavy (non-hydrogen) atoms. The molecular formula is C12H13F3N2O2. The van der Waals surface area contributed by atoms with Gasteiger partial charge in [-0.2, -0.15) is 13.2 Å². The molecule has 0 aliphatic rings. The Morgan fingerprint density at radius 3 is 2.53 bits per heavy atom. The first kappa shape index (κ1) is 15.0. The Labute approximate surface area is 108 Å². The largest absolute Gasteiger partial charge is 0.416 e. The zero-order chi connectivity index (χ0) is 14.5. The Morgan fingerprint density at radius 1 is 1.26 bits per heavy atom. The van der Waals surface area contributed by atoms with E-state index in [2.05, 4.69) is 10.6 Å². The van der Waals surface area contributed by atoms with Gasteiger partial charge in [0.15, 0.2) is 0 Å². The van der Waals surface area contributed by atoms with Gasteiger partial charge < -0.3 is 10.6 Å². The van der Waals surface area contributed by atoms with Crippen LogP contribution in [-0.2, 0) is 15.8 Å². The van der Waals surface area contributed by atoms with Crippen LogP contribution in [0, 0.1) is 0 Å². The Hall–Kier alpha value is -2.05. The second-order valence-electron chi connectivity index (χ2n) is 3.86. The van der Waals surface area contributed by atoms with Crippen LogP contribution in [0.25, 0.3) is 0 Å². The van der Waals surface area contributed by atoms with Gasteiger partial charge in [-0.15, -0.1) is 0 Å². The third kappa shape index (κ3) is 5.41. The predicted octanol–water partition coefficient (Wildman–Crippen LogP) is 2.17. The van der Waals surface area contributed by atoms with Crippen molar-refractivity contribution in [1.29, 1.82) is 0 Å². The van der Waals surface area contributed by atoms with Crippen molar-refractivity contribution in [2.75, 3.05) is 11.9 Å². The topological polar surface area (TPSA) is 58.2 Å². The number of rotatable bonds is 4. The molecule has 0 radical (unpaired) electrons. The van der Waals surface area contributed by atoms with Gasteiger partial charge in [-0.3, -0.25) is 9.59 Å². The Bertz CT molecular complexity index is 472. The normalized spacial score (nSPS) is 10.9. The molecule has 0 aliphatic carbocycles. The first-order chi connectivity index (χ1) is 8.79. The van der Waals surface area contributed by atoms with E-state index in [0.717, 1.165) is 12.1 Å². The van der Waals surface area contributed by atoms with E-state index in [-0.39, 0.29) is 24.6 Å². The van der Waals surface area contributed by atoms with E-state index in [1.807, 2.05) is 0 Å². The molecule has 0 saturated carbocycles. The number of hydrogen-bond donors (Lipinski definition) is 2. The zero-order valence-corrected chi connectivity index (χ0v) is 10.2. The first-order valence-electron chi connectivity index (χ1n) is 5.50. The number of carbonyl (C=O) groups is 2. The Balaban J connectivity index is 2.57. The molecule has 0 aromatic heterocycles. The Morgan fingerprint density at radius 2 is 1.95 bits per heavy atom. The molecular weight excluding hydrogens is 261 g/mol. The summed E-state index contributed by atoms with van der Waals surface area (Å²) in [6, 6.07) is 4.36. The molecule has 0 atom stereocenters. The maximum absolute atomic E-state index is 12.4. The number of carbonyl (C=O) groups excluding carboxylic acids is 2. The molecule has 0 unspecified atom stereocenters. The predicted molar refractivity (Wildman–Crippen MR) is 63.4 cm³/mol. The van der Waals surface area contributed by atoms with Crippen molar-refractivity contribution < 1.29 is 22.8 Å². The highest BCUT2D eigenvalue weighted by Crippen LogP contribution is 2.30. The minimum absolute atomic E-state index is 0.00414. The third-order valence-corrected chi connectivity index (χ3v) is 2.20. The maximum atomic E-state index is 12.4. The van der Waals surface area contributed by atoms with E-state index in [1.54, 1.807) is 0 Å². The zero-order valence-electron chi connectivity index (χ0n) is 10.2. The van der Waals surface area contributed by atoms with Gasteiger partial charge in [0.2, 0.25) is 11.8 Å². The van der Waals surface area contributed by atoms with Crippen LogP contribution in [0.3, 0.4) is 0 Å². The summed E-state index contributed by atoms with van der Waals surface area (Å²) in [4.78, 5) is 22.0. The number of halogens is 3. The standard InChI is InChI=1S/C12H13F3N2O2/c1-8(18)16-6-5-11(19)17-10-4-2-3-9(7-10)12(13,14)15/h2-4,7H,5-6H2,1H3,(H,16,18)(H,17,19). The fourth-order valence-corrected chi connectivity index (χ4v) is 1.35. The van der Waals surface area contributed by atoms with Crippen molar-refractivity contribution in [2.45, 2.75) is 19.5 Å². The molecule has 4 nitrogen and oxygen atoms in total. The van der Waals surface area contributed by atoms with Crippen molar-refractivity contribution in [2.24, 2.45) is 0 Å². The lowest BCUT2D eigenvalue weighted by molar-refractivity contribution is -0.137. The summed E-state index contributed by atoms with van der Waals surface area (Å²) >= 11 is 0. The lowest BCUT2D eigenvalue weighted by Crippen LogP contribution is -2.25. The van der Waals surface area contributed by atoms with Gasteiger partial charge in [-0.25, -0.2) is 0 Å². The molecule has 2 amide bonds. The van der Waals surface area contributed by atoms with Gasteiger partial charge in [0.1, 0.15) is 0 Å². The monoisotopic (exact) mass is 274 g/mol. The summed E-state index contributed by atoms with van der Waals surface area (Å²) in [6.45, 7) is 1.45. The summed E-state index contributed by atoms with van der Waals surface area (Å²) in [5, 5.41) is 4.76. The highest BCUT2D eigenvalue weighted by Gasteiger charge is 2.30. The van der Waals surface area contributed by atoms with Gasteiger partial charge in [-0.1, -0.05) is 6.07 Å². The fourth-order valence-electron chi connectivity index (χ4n) is 1.35. The van der Waals surface area contributed by atoms with E-state index in [0.29, 0.717) is 0 Å². The smallest absolute Gasteiger partial charge is 0.356 e. The van der Waals surface area contributed by atoms with E-state index >= 15 is 0 Å². The quantitative estimate of drug-likeness (QED) is 0.884. The second kappa shape index (κ2) is 6.21. The summed E-state index contributed by atoms with van der Waals surface area (Å²) < 4.78 is 37.3. The number of alkyl halides is 3. The first-order valence-corrected chi connectivity index (χ1v) is 5.50. The van der Waals surface area contributed by atoms with Crippen LogP contribution in [0.5, 0.6) is 0 Å². The lowest BCUT2D eigenvalue weighted by Gasteiger charge is -2.10. The van der Waals surface area contributed by atoms with Gasteiger partial charge >= 0.3 is 6.18 Å². The van der Waals surface area contributed by atoms with Crippen molar-refractivity contribution in [3.05, 3.63) is 29.8 Å². The summed E-state index contributed by atoms with van der Waals surface area (Å²) in [5.74, 6) is -0.736. The summed E-state index contributed by atoms with van der Waals surface area (Å²) in [6.07, 6.45) is -4.45. The summed E-state index contributed by atoms with van der Waals surface area (Å²) in [5.41, 5.74) is -0.755. The van der Waals surface area contributed by atoms with Crippen LogP contribution in [0.1, 0.15) is 18.9 Å². The number of nitrogens with one attached hydrogen (secondary N) is 2. The molecule has 0 aliphatic heterocycles. The highest BCUT2D eigenvalue weighted by atomic mass is 19.4. The van der Waals surface area contributed by atoms with Crippen LogP contribution < -0.4 is 10.6 Å². The minimum Gasteiger partial charge on any atom is -0.356 e. The van der Waals surface area contributed by atoms with E-state index in [4.69, 9.17) is 0 Å². The van der Waals surface area contributed by atoms with Gasteiger partial charge in [-0.05, 0) is 18.2 Å². The van der Waals surface area contributed by atoms with E-state index in [1.165, 1.54) is 19.1 Å². The lowest BCUT2D eigenvalue weighted by atomic mass is 10.2. The number of amides is 2. The van der Waals surface area contributed by atoms with E-state index in [9.17, 15) is 22.8 Å². The Kier molecular flexibility index (Phi) is 4.91. The van der Waals surface area contributed by atoms with Crippen LogP contribution in [0.15, 0.2) is 24.3 Å². The molecule has 1 aromatic rings. The van der Waals surface area contributed by atoms with Gasteiger partial charge in [0, 0.05) is 25.6 Å². The van der Waals surface area contributed by atoms with Crippen LogP contribution in [-0.4, -0.2) is 18.4 Å². The molecule has 7 heteroatoms. The van der Waals surface area contributed by atoms with Crippen LogP contribution in [0.4, 0.5) is 18.9 Å². The van der Waals surface area contributed by atoms with Crippen LogP contribution >= 0.6 is 0 Å². The number of benzene rings is 1. The number of anilines is 1. The SMILES string of the molecule is CC(=O)NCCC(=O)Nc1cccc(C(F)(F)F)c1. The third-order valence-electron chi connectivity index (χ3n) is 2.20. The fraction of sp³-hybridized carbons (Fsp3) is 0.333. The minimum atomic E-state index is -4.45. The van der Waals surface area contributed by atoms with Gasteiger partial charge in [0.05, 0.1) is 5.56 Å². The molecule has 0 bridgehead atoms. The molecule has 0 heterocycles. The molecule has 0 fully saturated rings. The average molecular weight is 274 g/mol. The van der Waals surface area contributed by atoms with E-state index < -0.39 is 17.6 Å². The maximum Gasteiger partial charge on any atom is 0.416 e. The van der Waals surface area contributed by atoms with Crippen LogP contribution in [0.2, 0.25) is 0 Å². The molecule has 1 rings (SSSR count). The van der Waals surface area contributed by atoms with Crippen molar-refractivity contribution in [3.63, 3.8) is 0 Å². The molecule has 2 N–H and O–H groups in total. The van der Waals surface area contributed by atoms with Crippen molar-refractivity contribution >= 4 is 17.5 Å². The average Bonchev–Trinajstić information content (AvgIpc) is 2.27. The highest BCUT2D eigenvalue weighted by molar-refractivity contribution is 5.91. The van der Waals surface area contributed by atoms with Crippen molar-refractivity contribution in [1.82, 2.24) is 5.32 Å². The van der Waals surface area contributed by atoms with Crippen molar-refractivity contribution in [3.8, 4) is 0 Å². The summed E-state index contributed by atoms with van der Waals surface area (Å²) in [7, 11) is 0. The van der Waals surface area contributed by atoms with Gasteiger partial charge in [0.25, 0.3) is 0 Å².